The first kappa shape index (κ1) is 16.5. The van der Waals surface area contributed by atoms with Crippen LogP contribution >= 0.6 is 15.9 Å². The Morgan fingerprint density at radius 3 is 2.50 bits per heavy atom. The molecule has 0 spiro atoms. The number of rotatable bonds is 3. The molecule has 2 aromatic carbocycles. The van der Waals surface area contributed by atoms with E-state index < -0.39 is 0 Å². The van der Waals surface area contributed by atoms with Gasteiger partial charge in [0, 0.05) is 22.8 Å². The van der Waals surface area contributed by atoms with Crippen LogP contribution in [0.3, 0.4) is 0 Å². The van der Waals surface area contributed by atoms with E-state index in [2.05, 4.69) is 37.3 Å². The average Bonchev–Trinajstić information content (AvgIpc) is 2.67. The van der Waals surface area contributed by atoms with E-state index in [-0.39, 0.29) is 0 Å². The van der Waals surface area contributed by atoms with Gasteiger partial charge < -0.3 is 11.1 Å². The van der Waals surface area contributed by atoms with E-state index in [9.17, 15) is 0 Å². The van der Waals surface area contributed by atoms with Crippen molar-refractivity contribution in [1.29, 1.82) is 0 Å². The molecular weight excluding hydrogens is 390 g/mol. The highest BCUT2D eigenvalue weighted by molar-refractivity contribution is 9.10. The molecule has 0 unspecified atom stereocenters. The van der Waals surface area contributed by atoms with E-state index in [4.69, 9.17) is 10.7 Å². The summed E-state index contributed by atoms with van der Waals surface area (Å²) in [5, 5.41) is 3.89. The lowest BCUT2D eigenvalue weighted by atomic mass is 10.00. The molecule has 0 fully saturated rings. The highest BCUT2D eigenvalue weighted by Gasteiger charge is 2.14. The van der Waals surface area contributed by atoms with Crippen LogP contribution in [0.4, 0.5) is 11.5 Å². The molecule has 6 heteroatoms. The third kappa shape index (κ3) is 2.99. The Hall–Kier alpha value is -2.99. The normalized spacial score (nSPS) is 10.8. The third-order valence-corrected chi connectivity index (χ3v) is 4.73. The minimum absolute atomic E-state index is 0.426. The average molecular weight is 406 g/mol. The van der Waals surface area contributed by atoms with E-state index in [0.717, 1.165) is 37.9 Å². The molecule has 128 valence electrons. The number of anilines is 2. The van der Waals surface area contributed by atoms with Crippen molar-refractivity contribution >= 4 is 38.5 Å². The van der Waals surface area contributed by atoms with Crippen molar-refractivity contribution in [3.8, 4) is 22.4 Å². The summed E-state index contributed by atoms with van der Waals surface area (Å²) in [5.41, 5.74) is 11.6. The maximum absolute atomic E-state index is 6.15. The number of aromatic nitrogens is 3. The van der Waals surface area contributed by atoms with Crippen LogP contribution in [0.2, 0.25) is 0 Å². The van der Waals surface area contributed by atoms with Gasteiger partial charge in [-0.1, -0.05) is 40.2 Å². The second kappa shape index (κ2) is 6.72. The smallest absolute Gasteiger partial charge is 0.165 e. The van der Waals surface area contributed by atoms with Crippen LogP contribution in [-0.4, -0.2) is 22.0 Å². The zero-order valence-corrected chi connectivity index (χ0v) is 15.7. The molecule has 0 aliphatic rings. The number of halogens is 1. The molecule has 0 aliphatic heterocycles. The van der Waals surface area contributed by atoms with Gasteiger partial charge in [-0.3, -0.25) is 0 Å². The predicted octanol–water partition coefficient (Wildman–Crippen LogP) is 4.75. The van der Waals surface area contributed by atoms with Crippen LogP contribution in [0, 0.1) is 0 Å². The van der Waals surface area contributed by atoms with Crippen molar-refractivity contribution in [2.75, 3.05) is 18.1 Å². The maximum atomic E-state index is 6.15. The molecule has 0 atom stereocenters. The Bertz CT molecular complexity index is 1090. The van der Waals surface area contributed by atoms with Crippen LogP contribution in [0.1, 0.15) is 0 Å². The van der Waals surface area contributed by atoms with Crippen LogP contribution in [-0.2, 0) is 0 Å². The van der Waals surface area contributed by atoms with Crippen molar-refractivity contribution in [2.24, 2.45) is 0 Å². The van der Waals surface area contributed by atoms with Gasteiger partial charge in [-0.15, -0.1) is 0 Å². The van der Waals surface area contributed by atoms with Crippen LogP contribution in [0.5, 0.6) is 0 Å². The number of nitrogens with one attached hydrogen (secondary N) is 1. The molecular formula is C20H16BrN5. The first-order valence-electron chi connectivity index (χ1n) is 8.11. The molecule has 5 nitrogen and oxygen atoms in total. The van der Waals surface area contributed by atoms with Crippen molar-refractivity contribution in [1.82, 2.24) is 15.0 Å². The first-order chi connectivity index (χ1) is 12.7. The highest BCUT2D eigenvalue weighted by atomic mass is 79.9. The summed E-state index contributed by atoms with van der Waals surface area (Å²) in [6.45, 7) is 0. The van der Waals surface area contributed by atoms with Gasteiger partial charge in [0.15, 0.2) is 5.65 Å². The van der Waals surface area contributed by atoms with Gasteiger partial charge in [-0.25, -0.2) is 15.0 Å². The highest BCUT2D eigenvalue weighted by Crippen LogP contribution is 2.34. The Morgan fingerprint density at radius 2 is 1.77 bits per heavy atom. The van der Waals surface area contributed by atoms with Crippen molar-refractivity contribution in [2.45, 2.75) is 0 Å². The largest absolute Gasteiger partial charge is 0.388 e. The number of fused-ring (bicyclic) bond motifs is 1. The topological polar surface area (TPSA) is 76.7 Å². The zero-order chi connectivity index (χ0) is 18.1. The fraction of sp³-hybridized carbons (Fsp3) is 0.0500. The number of benzene rings is 2. The molecule has 0 saturated carbocycles. The number of nitrogens with two attached hydrogens (primary N) is 1. The van der Waals surface area contributed by atoms with E-state index >= 15 is 0 Å². The molecule has 0 radical (unpaired) electrons. The molecule has 0 amide bonds. The standard InChI is InChI=1S/C20H16BrN5/c1-23-15-7-5-12(6-8-15)17-10-16(13-3-2-4-14(21)9-13)18-19(22)24-11-25-20(18)26-17/h2-11,23H,1H3,(H2,22,24,25,26). The maximum Gasteiger partial charge on any atom is 0.165 e. The van der Waals surface area contributed by atoms with Gasteiger partial charge in [0.05, 0.1) is 11.1 Å². The Balaban J connectivity index is 1.98. The summed E-state index contributed by atoms with van der Waals surface area (Å²) in [4.78, 5) is 13.2. The molecule has 4 rings (SSSR count). The van der Waals surface area contributed by atoms with Gasteiger partial charge in [0.1, 0.15) is 12.1 Å². The Labute approximate surface area is 159 Å². The summed E-state index contributed by atoms with van der Waals surface area (Å²) in [6, 6.07) is 18.2. The monoisotopic (exact) mass is 405 g/mol. The fourth-order valence-corrected chi connectivity index (χ4v) is 3.33. The summed E-state index contributed by atoms with van der Waals surface area (Å²) in [5.74, 6) is 0.426. The molecule has 0 saturated heterocycles. The second-order valence-corrected chi connectivity index (χ2v) is 6.77. The lowest BCUT2D eigenvalue weighted by Crippen LogP contribution is -1.98. The van der Waals surface area contributed by atoms with Gasteiger partial charge in [0.25, 0.3) is 0 Å². The Kier molecular flexibility index (Phi) is 4.26. The summed E-state index contributed by atoms with van der Waals surface area (Å²) in [7, 11) is 1.90. The lowest BCUT2D eigenvalue weighted by Gasteiger charge is -2.11. The second-order valence-electron chi connectivity index (χ2n) is 5.85. The molecule has 0 bridgehead atoms. The lowest BCUT2D eigenvalue weighted by molar-refractivity contribution is 1.19. The minimum atomic E-state index is 0.426. The van der Waals surface area contributed by atoms with E-state index in [1.54, 1.807) is 0 Å². The third-order valence-electron chi connectivity index (χ3n) is 4.24. The van der Waals surface area contributed by atoms with Gasteiger partial charge >= 0.3 is 0 Å². The molecule has 26 heavy (non-hydrogen) atoms. The SMILES string of the molecule is CNc1ccc(-c2cc(-c3cccc(Br)c3)c3c(N)ncnc3n2)cc1. The molecule has 3 N–H and O–H groups in total. The number of hydrogen-bond acceptors (Lipinski definition) is 5. The van der Waals surface area contributed by atoms with Gasteiger partial charge in [-0.05, 0) is 41.5 Å². The summed E-state index contributed by atoms with van der Waals surface area (Å²) in [6.07, 6.45) is 1.45. The fourth-order valence-electron chi connectivity index (χ4n) is 2.93. The minimum Gasteiger partial charge on any atom is -0.388 e. The quantitative estimate of drug-likeness (QED) is 0.514. The van der Waals surface area contributed by atoms with Crippen LogP contribution < -0.4 is 11.1 Å². The van der Waals surface area contributed by atoms with Crippen molar-refractivity contribution < 1.29 is 0 Å². The molecule has 2 heterocycles. The number of nitrogens with zero attached hydrogens (tertiary/aromatic N) is 3. The number of hydrogen-bond donors (Lipinski definition) is 2. The summed E-state index contributed by atoms with van der Waals surface area (Å²) >= 11 is 3.54. The molecule has 2 aromatic heterocycles. The van der Waals surface area contributed by atoms with Gasteiger partial charge in [-0.2, -0.15) is 0 Å². The van der Waals surface area contributed by atoms with Crippen molar-refractivity contribution in [3.63, 3.8) is 0 Å². The van der Waals surface area contributed by atoms with E-state index in [1.165, 1.54) is 6.33 Å². The van der Waals surface area contributed by atoms with Crippen LogP contribution in [0.15, 0.2) is 65.4 Å². The zero-order valence-electron chi connectivity index (χ0n) is 14.1. The molecule has 0 aliphatic carbocycles. The van der Waals surface area contributed by atoms with E-state index in [0.29, 0.717) is 11.5 Å². The Morgan fingerprint density at radius 1 is 0.962 bits per heavy atom. The van der Waals surface area contributed by atoms with Crippen molar-refractivity contribution in [3.05, 3.63) is 65.4 Å². The van der Waals surface area contributed by atoms with E-state index in [1.807, 2.05) is 55.6 Å². The summed E-state index contributed by atoms with van der Waals surface area (Å²) < 4.78 is 0.996. The number of pyridine rings is 1. The van der Waals surface area contributed by atoms with Gasteiger partial charge in [0.2, 0.25) is 0 Å². The number of nitrogen functional groups attached to an aromatic ring is 1. The molecule has 4 aromatic rings. The predicted molar refractivity (Wildman–Crippen MR) is 110 cm³/mol. The van der Waals surface area contributed by atoms with Crippen LogP contribution in [0.25, 0.3) is 33.4 Å². The first-order valence-corrected chi connectivity index (χ1v) is 8.90.